The fourth-order valence-electron chi connectivity index (χ4n) is 2.10. The summed E-state index contributed by atoms with van der Waals surface area (Å²) in [5.74, 6) is -0.402. The molecule has 1 N–H and O–H groups in total. The molecule has 1 unspecified atom stereocenters. The van der Waals surface area contributed by atoms with Crippen LogP contribution in [0.5, 0.6) is 0 Å². The molecule has 0 heterocycles. The van der Waals surface area contributed by atoms with Gasteiger partial charge in [0.1, 0.15) is 6.04 Å². The van der Waals surface area contributed by atoms with E-state index in [-0.39, 0.29) is 6.54 Å². The zero-order chi connectivity index (χ0) is 15.2. The molecule has 1 fully saturated rings. The fourth-order valence-corrected chi connectivity index (χ4v) is 2.10. The second-order valence-electron chi connectivity index (χ2n) is 5.20. The van der Waals surface area contributed by atoms with Gasteiger partial charge in [-0.2, -0.15) is 13.2 Å². The first-order valence-electron chi connectivity index (χ1n) is 6.98. The molecule has 0 bridgehead atoms. The van der Waals surface area contributed by atoms with Crippen LogP contribution in [0, 0.1) is 0 Å². The van der Waals surface area contributed by atoms with E-state index < -0.39 is 24.7 Å². The predicted molar refractivity (Wildman–Crippen MR) is 69.4 cm³/mol. The maximum absolute atomic E-state index is 12.4. The van der Waals surface area contributed by atoms with Gasteiger partial charge in [-0.25, -0.2) is 0 Å². The van der Waals surface area contributed by atoms with E-state index in [1.165, 1.54) is 12.0 Å². The summed E-state index contributed by atoms with van der Waals surface area (Å²) in [5.41, 5.74) is 0. The molecule has 0 aromatic rings. The van der Waals surface area contributed by atoms with Crippen molar-refractivity contribution in [2.24, 2.45) is 0 Å². The molecule has 0 amide bonds. The maximum Gasteiger partial charge on any atom is 0.401 e. The van der Waals surface area contributed by atoms with E-state index in [2.05, 4.69) is 5.32 Å². The Morgan fingerprint density at radius 3 is 2.50 bits per heavy atom. The van der Waals surface area contributed by atoms with Gasteiger partial charge in [0.05, 0.1) is 13.7 Å². The van der Waals surface area contributed by atoms with Crippen molar-refractivity contribution in [1.82, 2.24) is 10.2 Å². The third-order valence-corrected chi connectivity index (χ3v) is 3.18. The Labute approximate surface area is 117 Å². The molecule has 1 saturated carbocycles. The van der Waals surface area contributed by atoms with E-state index in [1.807, 2.05) is 6.92 Å². The summed E-state index contributed by atoms with van der Waals surface area (Å²) in [4.78, 5) is 12.9. The van der Waals surface area contributed by atoms with Crippen LogP contribution < -0.4 is 5.32 Å². The number of halogens is 3. The molecular formula is C13H23F3N2O2. The van der Waals surface area contributed by atoms with E-state index in [0.29, 0.717) is 25.4 Å². The SMILES string of the molecule is CCCN(CCC(NC1CC1)C(=O)OC)CC(F)(F)F. The second-order valence-corrected chi connectivity index (χ2v) is 5.20. The molecule has 7 heteroatoms. The van der Waals surface area contributed by atoms with Gasteiger partial charge < -0.3 is 10.1 Å². The molecule has 0 aromatic heterocycles. The van der Waals surface area contributed by atoms with Crippen molar-refractivity contribution in [1.29, 1.82) is 0 Å². The lowest BCUT2D eigenvalue weighted by Crippen LogP contribution is -2.43. The Balaban J connectivity index is 2.46. The van der Waals surface area contributed by atoms with E-state index in [1.54, 1.807) is 0 Å². The third-order valence-electron chi connectivity index (χ3n) is 3.18. The van der Waals surface area contributed by atoms with Crippen molar-refractivity contribution in [2.45, 2.75) is 50.9 Å². The first-order valence-corrected chi connectivity index (χ1v) is 6.98. The number of carbonyl (C=O) groups excluding carboxylic acids is 1. The third kappa shape index (κ3) is 7.09. The Morgan fingerprint density at radius 2 is 2.05 bits per heavy atom. The molecule has 20 heavy (non-hydrogen) atoms. The molecule has 4 nitrogen and oxygen atoms in total. The molecule has 0 radical (unpaired) electrons. The highest BCUT2D eigenvalue weighted by Gasteiger charge is 2.32. The number of ether oxygens (including phenoxy) is 1. The number of esters is 1. The minimum absolute atomic E-state index is 0.229. The van der Waals surface area contributed by atoms with Gasteiger partial charge in [0.25, 0.3) is 0 Å². The lowest BCUT2D eigenvalue weighted by molar-refractivity contribution is -0.147. The molecule has 0 saturated heterocycles. The molecule has 1 rings (SSSR count). The van der Waals surface area contributed by atoms with E-state index in [9.17, 15) is 18.0 Å². The van der Waals surface area contributed by atoms with Gasteiger partial charge >= 0.3 is 12.1 Å². The normalized spacial score (nSPS) is 17.3. The highest BCUT2D eigenvalue weighted by Crippen LogP contribution is 2.21. The molecule has 0 spiro atoms. The topological polar surface area (TPSA) is 41.6 Å². The molecule has 118 valence electrons. The van der Waals surface area contributed by atoms with Crippen LogP contribution >= 0.6 is 0 Å². The maximum atomic E-state index is 12.4. The minimum atomic E-state index is -4.21. The van der Waals surface area contributed by atoms with Crippen LogP contribution in [0.3, 0.4) is 0 Å². The largest absolute Gasteiger partial charge is 0.468 e. The number of nitrogens with one attached hydrogen (secondary N) is 1. The Bertz CT molecular complexity index is 306. The second kappa shape index (κ2) is 7.83. The van der Waals surface area contributed by atoms with Crippen molar-refractivity contribution in [3.63, 3.8) is 0 Å². The molecule has 1 aliphatic rings. The van der Waals surface area contributed by atoms with Crippen molar-refractivity contribution in [2.75, 3.05) is 26.7 Å². The van der Waals surface area contributed by atoms with Gasteiger partial charge in [-0.15, -0.1) is 0 Å². The standard InChI is InChI=1S/C13H23F3N2O2/c1-3-7-18(9-13(14,15)16)8-6-11(12(19)20-2)17-10-4-5-10/h10-11,17H,3-9H2,1-2H3. The van der Waals surface area contributed by atoms with Gasteiger partial charge in [-0.1, -0.05) is 6.92 Å². The summed E-state index contributed by atoms with van der Waals surface area (Å²) in [6.07, 6.45) is -1.21. The van der Waals surface area contributed by atoms with Crippen LogP contribution in [-0.4, -0.2) is 55.9 Å². The van der Waals surface area contributed by atoms with Gasteiger partial charge in [0.2, 0.25) is 0 Å². The van der Waals surface area contributed by atoms with Crippen LogP contribution in [0.25, 0.3) is 0 Å². The zero-order valence-electron chi connectivity index (χ0n) is 12.0. The van der Waals surface area contributed by atoms with Crippen LogP contribution in [-0.2, 0) is 9.53 Å². The summed E-state index contributed by atoms with van der Waals surface area (Å²) < 4.78 is 42.0. The highest BCUT2D eigenvalue weighted by molar-refractivity contribution is 5.75. The highest BCUT2D eigenvalue weighted by atomic mass is 19.4. The van der Waals surface area contributed by atoms with Crippen molar-refractivity contribution < 1.29 is 22.7 Å². The van der Waals surface area contributed by atoms with Crippen molar-refractivity contribution >= 4 is 5.97 Å². The fraction of sp³-hybridized carbons (Fsp3) is 0.923. The Morgan fingerprint density at radius 1 is 1.40 bits per heavy atom. The molecule has 1 aliphatic carbocycles. The van der Waals surface area contributed by atoms with Crippen LogP contribution in [0.15, 0.2) is 0 Å². The Hall–Kier alpha value is -0.820. The van der Waals surface area contributed by atoms with Gasteiger partial charge in [-0.3, -0.25) is 9.69 Å². The van der Waals surface area contributed by atoms with Gasteiger partial charge in [-0.05, 0) is 32.2 Å². The van der Waals surface area contributed by atoms with Crippen LogP contribution in [0.2, 0.25) is 0 Å². The number of hydrogen-bond donors (Lipinski definition) is 1. The number of methoxy groups -OCH3 is 1. The monoisotopic (exact) mass is 296 g/mol. The Kier molecular flexibility index (Phi) is 6.75. The summed E-state index contributed by atoms with van der Waals surface area (Å²) in [6.45, 7) is 1.51. The quantitative estimate of drug-likeness (QED) is 0.660. The van der Waals surface area contributed by atoms with Crippen LogP contribution in [0.1, 0.15) is 32.6 Å². The number of hydrogen-bond acceptors (Lipinski definition) is 4. The van der Waals surface area contributed by atoms with Gasteiger partial charge in [0.15, 0.2) is 0 Å². The molecular weight excluding hydrogens is 273 g/mol. The predicted octanol–water partition coefficient (Wildman–Crippen LogP) is 1.94. The summed E-state index contributed by atoms with van der Waals surface area (Å²) in [6, 6.07) is -0.207. The molecule has 1 atom stereocenters. The van der Waals surface area contributed by atoms with E-state index >= 15 is 0 Å². The van der Waals surface area contributed by atoms with Crippen LogP contribution in [0.4, 0.5) is 13.2 Å². The smallest absolute Gasteiger partial charge is 0.401 e. The first-order chi connectivity index (χ1) is 9.35. The lowest BCUT2D eigenvalue weighted by Gasteiger charge is -2.25. The average molecular weight is 296 g/mol. The van der Waals surface area contributed by atoms with Crippen molar-refractivity contribution in [3.8, 4) is 0 Å². The summed E-state index contributed by atoms with van der Waals surface area (Å²) in [5, 5.41) is 3.12. The summed E-state index contributed by atoms with van der Waals surface area (Å²) >= 11 is 0. The number of alkyl halides is 3. The lowest BCUT2D eigenvalue weighted by atomic mass is 10.2. The first kappa shape index (κ1) is 17.2. The minimum Gasteiger partial charge on any atom is -0.468 e. The summed E-state index contributed by atoms with van der Waals surface area (Å²) in [7, 11) is 1.30. The van der Waals surface area contributed by atoms with E-state index in [0.717, 1.165) is 12.8 Å². The van der Waals surface area contributed by atoms with Crippen molar-refractivity contribution in [3.05, 3.63) is 0 Å². The number of rotatable bonds is 9. The van der Waals surface area contributed by atoms with Gasteiger partial charge in [0, 0.05) is 12.6 Å². The molecule has 0 aliphatic heterocycles. The number of nitrogens with zero attached hydrogens (tertiary/aromatic N) is 1. The average Bonchev–Trinajstić information content (AvgIpc) is 3.15. The zero-order valence-corrected chi connectivity index (χ0v) is 12.0. The number of carbonyl (C=O) groups is 1. The van der Waals surface area contributed by atoms with E-state index in [4.69, 9.17) is 4.74 Å². The molecule has 0 aromatic carbocycles.